The highest BCUT2D eigenvalue weighted by Gasteiger charge is 2.21. The molecule has 33 heavy (non-hydrogen) atoms. The third-order valence-electron chi connectivity index (χ3n) is 4.73. The van der Waals surface area contributed by atoms with Crippen LogP contribution in [0.15, 0.2) is 36.8 Å². The van der Waals surface area contributed by atoms with Gasteiger partial charge in [-0.25, -0.2) is 4.98 Å². The van der Waals surface area contributed by atoms with Crippen LogP contribution in [-0.4, -0.2) is 36.9 Å². The van der Waals surface area contributed by atoms with Gasteiger partial charge in [0.2, 0.25) is 0 Å². The molecule has 0 radical (unpaired) electrons. The molecule has 0 bridgehead atoms. The molecule has 170 valence electrons. The van der Waals surface area contributed by atoms with Crippen LogP contribution in [0.4, 0.5) is 11.5 Å². The summed E-state index contributed by atoms with van der Waals surface area (Å²) in [5.41, 5.74) is 14.1. The first-order chi connectivity index (χ1) is 15.7. The number of nitrogens with two attached hydrogens (primary N) is 2. The number of nitrogen functional groups attached to an aromatic ring is 1. The van der Waals surface area contributed by atoms with Gasteiger partial charge in [-0.1, -0.05) is 23.2 Å². The van der Waals surface area contributed by atoms with Crippen molar-refractivity contribution in [1.29, 1.82) is 10.7 Å². The van der Waals surface area contributed by atoms with Crippen molar-refractivity contribution in [3.05, 3.63) is 69.1 Å². The highest BCUT2D eigenvalue weighted by molar-refractivity contribution is 6.35. The van der Waals surface area contributed by atoms with Gasteiger partial charge in [0.15, 0.2) is 17.7 Å². The third-order valence-corrected chi connectivity index (χ3v) is 5.34. The van der Waals surface area contributed by atoms with Crippen LogP contribution in [0.5, 0.6) is 11.5 Å². The molecule has 0 aliphatic rings. The van der Waals surface area contributed by atoms with Crippen molar-refractivity contribution in [2.45, 2.75) is 6.23 Å². The number of nitriles is 1. The van der Waals surface area contributed by atoms with Gasteiger partial charge in [-0.2, -0.15) is 5.26 Å². The van der Waals surface area contributed by atoms with Gasteiger partial charge in [-0.15, -0.1) is 0 Å². The summed E-state index contributed by atoms with van der Waals surface area (Å²) in [5.74, 6) is 1.03. The second-order valence-electron chi connectivity index (χ2n) is 7.12. The van der Waals surface area contributed by atoms with Gasteiger partial charge in [0.25, 0.3) is 0 Å². The molecule has 3 aromatic rings. The van der Waals surface area contributed by atoms with Gasteiger partial charge >= 0.3 is 0 Å². The molecule has 9 nitrogen and oxygen atoms in total. The summed E-state index contributed by atoms with van der Waals surface area (Å²) in [5, 5.41) is 18.6. The number of hydrogen-bond donors (Lipinski definition) is 3. The summed E-state index contributed by atoms with van der Waals surface area (Å²) in [6.07, 6.45) is 3.28. The first kappa shape index (κ1) is 24.1. The Morgan fingerprint density at radius 1 is 1.15 bits per heavy atom. The molecule has 1 aromatic carbocycles. The smallest absolute Gasteiger partial charge is 0.177 e. The maximum Gasteiger partial charge on any atom is 0.177 e. The topological polar surface area (TPSA) is 147 Å². The van der Waals surface area contributed by atoms with Gasteiger partial charge in [0.05, 0.1) is 28.4 Å². The molecule has 0 aliphatic carbocycles. The Bertz CT molecular complexity index is 1240. The highest BCUT2D eigenvalue weighted by atomic mass is 35.5. The number of nitrogens with zero attached hydrogens (tertiary/aromatic N) is 4. The van der Waals surface area contributed by atoms with Crippen LogP contribution in [0.2, 0.25) is 10.0 Å². The van der Waals surface area contributed by atoms with Gasteiger partial charge in [0.1, 0.15) is 11.9 Å². The zero-order valence-corrected chi connectivity index (χ0v) is 19.6. The fourth-order valence-corrected chi connectivity index (χ4v) is 3.70. The Hall–Kier alpha value is -3.58. The third kappa shape index (κ3) is 4.93. The number of nitrogens with one attached hydrogen (secondary N) is 1. The van der Waals surface area contributed by atoms with Crippen LogP contribution in [0.25, 0.3) is 0 Å². The van der Waals surface area contributed by atoms with Crippen molar-refractivity contribution in [3.8, 4) is 17.6 Å². The molecule has 0 fully saturated rings. The van der Waals surface area contributed by atoms with Gasteiger partial charge in [0, 0.05) is 61.1 Å². The fraction of sp³-hybridized carbons (Fsp3) is 0.182. The van der Waals surface area contributed by atoms with E-state index in [-0.39, 0.29) is 27.2 Å². The Balaban J connectivity index is 2.02. The molecule has 0 amide bonds. The highest BCUT2D eigenvalue weighted by Crippen LogP contribution is 2.37. The molecule has 0 saturated carbocycles. The van der Waals surface area contributed by atoms with E-state index in [2.05, 4.69) is 16.0 Å². The monoisotopic (exact) mass is 485 g/mol. The second kappa shape index (κ2) is 9.92. The average molecular weight is 486 g/mol. The molecule has 5 N–H and O–H groups in total. The average Bonchev–Trinajstić information content (AvgIpc) is 2.78. The van der Waals surface area contributed by atoms with Crippen molar-refractivity contribution in [1.82, 2.24) is 9.97 Å². The van der Waals surface area contributed by atoms with E-state index in [0.29, 0.717) is 33.8 Å². The van der Waals surface area contributed by atoms with E-state index in [1.165, 1.54) is 37.8 Å². The molecule has 0 spiro atoms. The zero-order chi connectivity index (χ0) is 24.3. The van der Waals surface area contributed by atoms with Crippen LogP contribution in [0.1, 0.15) is 28.5 Å². The Labute approximate surface area is 201 Å². The molecule has 1 atom stereocenters. The Morgan fingerprint density at radius 2 is 1.82 bits per heavy atom. The number of ether oxygens (including phenoxy) is 2. The van der Waals surface area contributed by atoms with E-state index in [9.17, 15) is 5.26 Å². The first-order valence-corrected chi connectivity index (χ1v) is 10.3. The van der Waals surface area contributed by atoms with E-state index in [4.69, 9.17) is 49.6 Å². The van der Waals surface area contributed by atoms with Crippen LogP contribution in [0.3, 0.4) is 0 Å². The second-order valence-corrected chi connectivity index (χ2v) is 7.94. The predicted molar refractivity (Wildman–Crippen MR) is 128 cm³/mol. The van der Waals surface area contributed by atoms with E-state index < -0.39 is 6.23 Å². The standard InChI is InChI=1S/C22H21Cl2N7O2/c1-31(2)22-11(7-25)4-12(8-30-22)20(27)13-5-18(17(32-3)6-16(13)26)33-21(28)19-14(23)9-29-10-15(19)24/h4-6,8-10,21,27H,26,28H2,1-3H3/t21-/m0/s1. The zero-order valence-electron chi connectivity index (χ0n) is 18.1. The molecule has 2 aromatic heterocycles. The minimum atomic E-state index is -1.04. The van der Waals surface area contributed by atoms with Crippen LogP contribution < -0.4 is 25.8 Å². The molecule has 0 saturated heterocycles. The van der Waals surface area contributed by atoms with Gasteiger partial charge < -0.3 is 20.1 Å². The number of aromatic nitrogens is 2. The van der Waals surface area contributed by atoms with E-state index in [0.717, 1.165) is 0 Å². The van der Waals surface area contributed by atoms with Gasteiger partial charge in [-0.3, -0.25) is 16.1 Å². The summed E-state index contributed by atoms with van der Waals surface area (Å²) in [4.78, 5) is 9.92. The maximum atomic E-state index is 9.48. The number of methoxy groups -OCH3 is 1. The fourth-order valence-electron chi connectivity index (χ4n) is 3.12. The minimum absolute atomic E-state index is 0.0443. The minimum Gasteiger partial charge on any atom is -0.493 e. The number of pyridine rings is 2. The van der Waals surface area contributed by atoms with E-state index >= 15 is 0 Å². The van der Waals surface area contributed by atoms with E-state index in [1.807, 2.05) is 0 Å². The van der Waals surface area contributed by atoms with Crippen molar-refractivity contribution in [2.75, 3.05) is 31.8 Å². The molecule has 2 heterocycles. The summed E-state index contributed by atoms with van der Waals surface area (Å²) in [6, 6.07) is 6.74. The molecular formula is C22H21Cl2N7O2. The van der Waals surface area contributed by atoms with Crippen LogP contribution in [-0.2, 0) is 0 Å². The Morgan fingerprint density at radius 3 is 2.39 bits per heavy atom. The summed E-state index contributed by atoms with van der Waals surface area (Å²) >= 11 is 12.4. The van der Waals surface area contributed by atoms with Crippen molar-refractivity contribution < 1.29 is 9.47 Å². The predicted octanol–water partition coefficient (Wildman–Crippen LogP) is 3.76. The quantitative estimate of drug-likeness (QED) is 0.260. The largest absolute Gasteiger partial charge is 0.493 e. The lowest BCUT2D eigenvalue weighted by Gasteiger charge is -2.20. The normalized spacial score (nSPS) is 11.4. The van der Waals surface area contributed by atoms with Crippen LogP contribution >= 0.6 is 23.2 Å². The first-order valence-electron chi connectivity index (χ1n) is 9.53. The number of halogens is 2. The Kier molecular flexibility index (Phi) is 7.23. The number of rotatable bonds is 7. The molecule has 0 unspecified atom stereocenters. The number of hydrogen-bond acceptors (Lipinski definition) is 9. The lowest BCUT2D eigenvalue weighted by Crippen LogP contribution is -2.19. The van der Waals surface area contributed by atoms with Crippen molar-refractivity contribution in [2.24, 2.45) is 5.73 Å². The molecule has 3 rings (SSSR count). The summed E-state index contributed by atoms with van der Waals surface area (Å²) in [6.45, 7) is 0. The summed E-state index contributed by atoms with van der Waals surface area (Å²) < 4.78 is 11.3. The van der Waals surface area contributed by atoms with Gasteiger partial charge in [-0.05, 0) is 12.1 Å². The van der Waals surface area contributed by atoms with E-state index in [1.54, 1.807) is 25.1 Å². The summed E-state index contributed by atoms with van der Waals surface area (Å²) in [7, 11) is 5.02. The lowest BCUT2D eigenvalue weighted by atomic mass is 10.00. The number of anilines is 2. The molecule has 11 heteroatoms. The lowest BCUT2D eigenvalue weighted by molar-refractivity contribution is 0.204. The molecule has 0 aliphatic heterocycles. The number of benzene rings is 1. The van der Waals surface area contributed by atoms with Crippen molar-refractivity contribution >= 4 is 40.4 Å². The van der Waals surface area contributed by atoms with Crippen LogP contribution in [0, 0.1) is 16.7 Å². The van der Waals surface area contributed by atoms with Crippen molar-refractivity contribution in [3.63, 3.8) is 0 Å². The maximum absolute atomic E-state index is 9.48. The SMILES string of the molecule is COc1cc(N)c(C(=N)c2cnc(N(C)C)c(C#N)c2)cc1O[C@H](N)c1c(Cl)cncc1Cl. The molecular weight excluding hydrogens is 465 g/mol.